The molecule has 1 saturated carbocycles. The maximum absolute atomic E-state index is 9.88. The fraction of sp³-hybridized carbons (Fsp3) is 1.00. The molecule has 1 aliphatic rings. The number of ether oxygens (including phenoxy) is 1. The molecule has 0 aliphatic heterocycles. The molecule has 1 aliphatic carbocycles. The van der Waals surface area contributed by atoms with E-state index < -0.39 is 0 Å². The number of nitrogens with one attached hydrogen (secondary N) is 1. The second kappa shape index (κ2) is 6.58. The van der Waals surface area contributed by atoms with E-state index in [1.54, 1.807) is 7.11 Å². The van der Waals surface area contributed by atoms with Crippen LogP contribution in [0.1, 0.15) is 46.0 Å². The predicted molar refractivity (Wildman–Crippen MR) is 66.5 cm³/mol. The highest BCUT2D eigenvalue weighted by molar-refractivity contribution is 4.75. The van der Waals surface area contributed by atoms with Gasteiger partial charge in [0.05, 0.1) is 11.7 Å². The van der Waals surface area contributed by atoms with Crippen molar-refractivity contribution in [3.63, 3.8) is 0 Å². The van der Waals surface area contributed by atoms with Gasteiger partial charge in [0.2, 0.25) is 0 Å². The number of rotatable bonds is 7. The van der Waals surface area contributed by atoms with Crippen LogP contribution < -0.4 is 5.32 Å². The monoisotopic (exact) mass is 229 g/mol. The van der Waals surface area contributed by atoms with Crippen molar-refractivity contribution < 1.29 is 9.84 Å². The molecule has 3 nitrogen and oxygen atoms in total. The van der Waals surface area contributed by atoms with Crippen molar-refractivity contribution in [2.45, 2.75) is 57.7 Å². The summed E-state index contributed by atoms with van der Waals surface area (Å²) < 4.78 is 5.31. The molecule has 0 saturated heterocycles. The van der Waals surface area contributed by atoms with Gasteiger partial charge in [-0.05, 0) is 26.2 Å². The Balaban J connectivity index is 2.07. The van der Waals surface area contributed by atoms with E-state index in [1.165, 1.54) is 25.7 Å². The van der Waals surface area contributed by atoms with E-state index in [9.17, 15) is 5.11 Å². The number of aliphatic hydroxyl groups excluding tert-OH is 1. The van der Waals surface area contributed by atoms with Crippen molar-refractivity contribution in [3.8, 4) is 0 Å². The first-order valence-corrected chi connectivity index (χ1v) is 6.47. The van der Waals surface area contributed by atoms with Crippen molar-refractivity contribution in [1.29, 1.82) is 0 Å². The molecule has 0 amide bonds. The van der Waals surface area contributed by atoms with Crippen LogP contribution in [0.5, 0.6) is 0 Å². The molecule has 0 aromatic heterocycles. The largest absolute Gasteiger partial charge is 0.392 e. The van der Waals surface area contributed by atoms with Crippen molar-refractivity contribution in [3.05, 3.63) is 0 Å². The summed E-state index contributed by atoms with van der Waals surface area (Å²) in [6, 6.07) is 0. The van der Waals surface area contributed by atoms with Crippen molar-refractivity contribution in [2.75, 3.05) is 20.2 Å². The van der Waals surface area contributed by atoms with Gasteiger partial charge in [-0.25, -0.2) is 0 Å². The summed E-state index contributed by atoms with van der Waals surface area (Å²) >= 11 is 0. The lowest BCUT2D eigenvalue weighted by Crippen LogP contribution is -2.40. The number of methoxy groups -OCH3 is 1. The molecule has 2 N–H and O–H groups in total. The van der Waals surface area contributed by atoms with E-state index >= 15 is 0 Å². The standard InChI is InChI=1S/C13H27NO2/c1-13(2,16-3)10-14-9-12(15)8-11-6-4-5-7-11/h11-12,14-15H,4-10H2,1-3H3. The molecular weight excluding hydrogens is 202 g/mol. The molecule has 16 heavy (non-hydrogen) atoms. The molecule has 0 radical (unpaired) electrons. The summed E-state index contributed by atoms with van der Waals surface area (Å²) in [5.74, 6) is 0.757. The third kappa shape index (κ3) is 5.28. The number of hydrogen-bond donors (Lipinski definition) is 2. The molecule has 0 aromatic carbocycles. The molecule has 1 fully saturated rings. The first kappa shape index (κ1) is 13.9. The van der Waals surface area contributed by atoms with Gasteiger partial charge >= 0.3 is 0 Å². The fourth-order valence-electron chi connectivity index (χ4n) is 2.33. The maximum Gasteiger partial charge on any atom is 0.0746 e. The molecule has 1 rings (SSSR count). The Hall–Kier alpha value is -0.120. The van der Waals surface area contributed by atoms with Gasteiger partial charge < -0.3 is 15.2 Å². The van der Waals surface area contributed by atoms with Gasteiger partial charge in [-0.15, -0.1) is 0 Å². The topological polar surface area (TPSA) is 41.5 Å². The Bertz CT molecular complexity index is 188. The highest BCUT2D eigenvalue weighted by Gasteiger charge is 2.20. The van der Waals surface area contributed by atoms with Gasteiger partial charge in [0.15, 0.2) is 0 Å². The van der Waals surface area contributed by atoms with Crippen LogP contribution in [-0.4, -0.2) is 37.0 Å². The molecule has 0 aromatic rings. The van der Waals surface area contributed by atoms with E-state index in [1.807, 2.05) is 13.8 Å². The van der Waals surface area contributed by atoms with Crippen LogP contribution in [-0.2, 0) is 4.74 Å². The lowest BCUT2D eigenvalue weighted by atomic mass is 10.00. The average Bonchev–Trinajstić information content (AvgIpc) is 2.70. The van der Waals surface area contributed by atoms with Crippen LogP contribution in [0.25, 0.3) is 0 Å². The Morgan fingerprint density at radius 3 is 2.56 bits per heavy atom. The molecule has 1 atom stereocenters. The minimum Gasteiger partial charge on any atom is -0.392 e. The minimum absolute atomic E-state index is 0.146. The van der Waals surface area contributed by atoms with Crippen LogP contribution >= 0.6 is 0 Å². The quantitative estimate of drug-likeness (QED) is 0.701. The van der Waals surface area contributed by atoms with Gasteiger partial charge in [-0.3, -0.25) is 0 Å². The van der Waals surface area contributed by atoms with Gasteiger partial charge in [0, 0.05) is 20.2 Å². The molecule has 0 spiro atoms. The Labute approximate surface area is 99.6 Å². The van der Waals surface area contributed by atoms with Crippen LogP contribution in [0.2, 0.25) is 0 Å². The zero-order valence-corrected chi connectivity index (χ0v) is 11.0. The molecular formula is C13H27NO2. The summed E-state index contributed by atoms with van der Waals surface area (Å²) in [5.41, 5.74) is -0.146. The lowest BCUT2D eigenvalue weighted by Gasteiger charge is -2.24. The SMILES string of the molecule is COC(C)(C)CNCC(O)CC1CCCC1. The summed E-state index contributed by atoms with van der Waals surface area (Å²) in [7, 11) is 1.72. The van der Waals surface area contributed by atoms with Crippen molar-refractivity contribution >= 4 is 0 Å². The van der Waals surface area contributed by atoms with Crippen molar-refractivity contribution in [1.82, 2.24) is 5.32 Å². The fourth-order valence-corrected chi connectivity index (χ4v) is 2.33. The second-order valence-electron chi connectivity index (χ2n) is 5.63. The molecule has 1 unspecified atom stereocenters. The van der Waals surface area contributed by atoms with Crippen LogP contribution in [0.3, 0.4) is 0 Å². The highest BCUT2D eigenvalue weighted by Crippen LogP contribution is 2.28. The Morgan fingerprint density at radius 1 is 1.38 bits per heavy atom. The summed E-state index contributed by atoms with van der Waals surface area (Å²) in [6.45, 7) is 5.56. The third-order valence-electron chi connectivity index (χ3n) is 3.56. The van der Waals surface area contributed by atoms with E-state index in [4.69, 9.17) is 4.74 Å². The van der Waals surface area contributed by atoms with Gasteiger partial charge in [-0.2, -0.15) is 0 Å². The van der Waals surface area contributed by atoms with E-state index in [0.29, 0.717) is 6.54 Å². The minimum atomic E-state index is -0.198. The number of aliphatic hydroxyl groups is 1. The first-order valence-electron chi connectivity index (χ1n) is 6.47. The maximum atomic E-state index is 9.88. The zero-order valence-electron chi connectivity index (χ0n) is 11.0. The summed E-state index contributed by atoms with van der Waals surface area (Å²) in [5, 5.41) is 13.2. The van der Waals surface area contributed by atoms with Crippen LogP contribution in [0.15, 0.2) is 0 Å². The zero-order chi connectivity index (χ0) is 12.0. The predicted octanol–water partition coefficient (Wildman–Crippen LogP) is 1.94. The smallest absolute Gasteiger partial charge is 0.0746 e. The van der Waals surface area contributed by atoms with Crippen LogP contribution in [0, 0.1) is 5.92 Å². The molecule has 0 bridgehead atoms. The van der Waals surface area contributed by atoms with Gasteiger partial charge in [0.1, 0.15) is 0 Å². The molecule has 0 heterocycles. The molecule has 3 heteroatoms. The third-order valence-corrected chi connectivity index (χ3v) is 3.56. The Morgan fingerprint density at radius 2 is 2.00 bits per heavy atom. The lowest BCUT2D eigenvalue weighted by molar-refractivity contribution is 0.0201. The molecule has 96 valence electrons. The van der Waals surface area contributed by atoms with Gasteiger partial charge in [-0.1, -0.05) is 25.7 Å². The normalized spacial score (nSPS) is 20.2. The van der Waals surface area contributed by atoms with Crippen LogP contribution in [0.4, 0.5) is 0 Å². The van der Waals surface area contributed by atoms with Gasteiger partial charge in [0.25, 0.3) is 0 Å². The summed E-state index contributed by atoms with van der Waals surface area (Å²) in [6.07, 6.45) is 6.07. The summed E-state index contributed by atoms with van der Waals surface area (Å²) in [4.78, 5) is 0. The van der Waals surface area contributed by atoms with E-state index in [-0.39, 0.29) is 11.7 Å². The number of hydrogen-bond acceptors (Lipinski definition) is 3. The van der Waals surface area contributed by atoms with Crippen molar-refractivity contribution in [2.24, 2.45) is 5.92 Å². The first-order chi connectivity index (χ1) is 7.53. The average molecular weight is 229 g/mol. The Kier molecular flexibility index (Phi) is 5.73. The second-order valence-corrected chi connectivity index (χ2v) is 5.63. The van der Waals surface area contributed by atoms with E-state index in [0.717, 1.165) is 18.9 Å². The van der Waals surface area contributed by atoms with E-state index in [2.05, 4.69) is 5.32 Å². The highest BCUT2D eigenvalue weighted by atomic mass is 16.5.